The van der Waals surface area contributed by atoms with Crippen LogP contribution in [-0.2, 0) is 7.05 Å². The summed E-state index contributed by atoms with van der Waals surface area (Å²) >= 11 is 0. The van der Waals surface area contributed by atoms with Crippen LogP contribution in [0.1, 0.15) is 42.1 Å². The standard InChI is InChI=1S/C30H36N8O3/c1-31-26-18-25-24(19-32-26)29(20-4-6-21(7-5-20)30(40)37-16-14-35(2)15-17-37)34-38(25)22-8-10-23(11-9-22)41-27-12-13-28(39)36(3)33-27/h4-7,12-13,18-19,22-23H,8-11,14-17H2,1-3H3,(H,31,32). The van der Waals surface area contributed by atoms with Gasteiger partial charge in [-0.25, -0.2) is 9.67 Å². The van der Waals surface area contributed by atoms with Crippen LogP contribution in [0.25, 0.3) is 22.2 Å². The van der Waals surface area contributed by atoms with Crippen molar-refractivity contribution < 1.29 is 9.53 Å². The first-order valence-corrected chi connectivity index (χ1v) is 14.2. The van der Waals surface area contributed by atoms with Crippen LogP contribution in [0, 0.1) is 0 Å². The number of likely N-dealkylation sites (N-methyl/N-ethyl adjacent to an activating group) is 1. The molecule has 0 atom stereocenters. The molecule has 4 heterocycles. The van der Waals surface area contributed by atoms with E-state index in [0.29, 0.717) is 11.4 Å². The molecule has 2 fully saturated rings. The summed E-state index contributed by atoms with van der Waals surface area (Å²) in [6, 6.07) is 13.2. The van der Waals surface area contributed by atoms with Gasteiger partial charge in [0.25, 0.3) is 11.5 Å². The molecule has 1 amide bonds. The van der Waals surface area contributed by atoms with E-state index in [2.05, 4.69) is 32.0 Å². The summed E-state index contributed by atoms with van der Waals surface area (Å²) in [6.45, 7) is 3.29. The van der Waals surface area contributed by atoms with Crippen molar-refractivity contribution in [3.05, 3.63) is 64.6 Å². The lowest BCUT2D eigenvalue weighted by Crippen LogP contribution is -2.47. The number of aromatic nitrogens is 5. The molecule has 214 valence electrons. The topological polar surface area (TPSA) is 110 Å². The third-order valence-corrected chi connectivity index (χ3v) is 8.26. The predicted molar refractivity (Wildman–Crippen MR) is 157 cm³/mol. The smallest absolute Gasteiger partial charge is 0.266 e. The molecule has 41 heavy (non-hydrogen) atoms. The van der Waals surface area contributed by atoms with Crippen LogP contribution in [0.4, 0.5) is 5.82 Å². The van der Waals surface area contributed by atoms with Crippen LogP contribution in [-0.4, -0.2) is 86.6 Å². The maximum atomic E-state index is 13.1. The average molecular weight is 557 g/mol. The van der Waals surface area contributed by atoms with Gasteiger partial charge in [-0.15, -0.1) is 5.10 Å². The number of amides is 1. The molecule has 2 aliphatic rings. The predicted octanol–water partition coefficient (Wildman–Crippen LogP) is 3.18. The number of nitrogens with zero attached hydrogens (tertiary/aromatic N) is 7. The first kappa shape index (κ1) is 26.9. The molecule has 0 radical (unpaired) electrons. The van der Waals surface area contributed by atoms with Crippen LogP contribution in [0.15, 0.2) is 53.5 Å². The van der Waals surface area contributed by atoms with E-state index in [-0.39, 0.29) is 23.6 Å². The second-order valence-corrected chi connectivity index (χ2v) is 11.0. The van der Waals surface area contributed by atoms with Gasteiger partial charge in [-0.2, -0.15) is 5.10 Å². The van der Waals surface area contributed by atoms with E-state index in [0.717, 1.165) is 79.8 Å². The summed E-state index contributed by atoms with van der Waals surface area (Å²) in [7, 11) is 5.57. The minimum atomic E-state index is -0.158. The Hall–Kier alpha value is -4.25. The number of pyridine rings is 1. The Labute approximate surface area is 238 Å². The van der Waals surface area contributed by atoms with E-state index in [1.165, 1.54) is 10.7 Å². The fourth-order valence-corrected chi connectivity index (χ4v) is 5.75. The molecule has 11 heteroatoms. The number of carbonyl (C=O) groups is 1. The third-order valence-electron chi connectivity index (χ3n) is 8.26. The van der Waals surface area contributed by atoms with Crippen molar-refractivity contribution in [3.63, 3.8) is 0 Å². The Morgan fingerprint density at radius 1 is 0.951 bits per heavy atom. The van der Waals surface area contributed by atoms with Crippen molar-refractivity contribution >= 4 is 22.6 Å². The quantitative estimate of drug-likeness (QED) is 0.386. The minimum absolute atomic E-state index is 0.0393. The van der Waals surface area contributed by atoms with Gasteiger partial charge in [-0.3, -0.25) is 14.3 Å². The number of nitrogens with one attached hydrogen (secondary N) is 1. The van der Waals surface area contributed by atoms with Gasteiger partial charge in [-0.1, -0.05) is 12.1 Å². The molecule has 0 unspecified atom stereocenters. The molecule has 1 aliphatic carbocycles. The number of benzene rings is 1. The fourth-order valence-electron chi connectivity index (χ4n) is 5.75. The Balaban J connectivity index is 1.22. The second kappa shape index (κ2) is 11.3. The number of piperazine rings is 1. The summed E-state index contributed by atoms with van der Waals surface area (Å²) in [5.41, 5.74) is 3.39. The van der Waals surface area contributed by atoms with E-state index in [9.17, 15) is 9.59 Å². The Morgan fingerprint density at radius 2 is 1.68 bits per heavy atom. The maximum absolute atomic E-state index is 13.1. The number of hydrogen-bond acceptors (Lipinski definition) is 8. The summed E-state index contributed by atoms with van der Waals surface area (Å²) in [6.07, 6.45) is 5.45. The highest BCUT2D eigenvalue weighted by Crippen LogP contribution is 2.36. The largest absolute Gasteiger partial charge is 0.473 e. The lowest BCUT2D eigenvalue weighted by atomic mass is 9.93. The first-order valence-electron chi connectivity index (χ1n) is 14.2. The fraction of sp³-hybridized carbons (Fsp3) is 0.433. The molecular formula is C30H36N8O3. The van der Waals surface area contributed by atoms with Crippen LogP contribution < -0.4 is 15.6 Å². The molecule has 6 rings (SSSR count). The van der Waals surface area contributed by atoms with Crippen LogP contribution in [0.3, 0.4) is 0 Å². The molecule has 1 N–H and O–H groups in total. The van der Waals surface area contributed by atoms with Crippen molar-refractivity contribution in [3.8, 4) is 17.1 Å². The zero-order valence-corrected chi connectivity index (χ0v) is 23.8. The molecule has 1 saturated heterocycles. The summed E-state index contributed by atoms with van der Waals surface area (Å²) < 4.78 is 9.53. The van der Waals surface area contributed by atoms with Gasteiger partial charge in [-0.05, 0) is 44.9 Å². The molecule has 0 bridgehead atoms. The van der Waals surface area contributed by atoms with Gasteiger partial charge in [0, 0.05) is 81.2 Å². The van der Waals surface area contributed by atoms with Crippen LogP contribution in [0.5, 0.6) is 5.88 Å². The number of rotatable bonds is 6. The molecular weight excluding hydrogens is 520 g/mol. The molecule has 1 aromatic carbocycles. The number of ether oxygens (including phenoxy) is 1. The Bertz CT molecular complexity index is 1600. The van der Waals surface area contributed by atoms with Crippen LogP contribution in [0.2, 0.25) is 0 Å². The SMILES string of the molecule is CNc1cc2c(cn1)c(-c1ccc(C(=O)N3CCN(C)CC3)cc1)nn2C1CCC(Oc2ccc(=O)n(C)n2)CC1. The Kier molecular flexibility index (Phi) is 7.44. The molecule has 1 saturated carbocycles. The van der Waals surface area contributed by atoms with Crippen molar-refractivity contribution in [2.45, 2.75) is 37.8 Å². The van der Waals surface area contributed by atoms with Crippen molar-refractivity contribution in [1.29, 1.82) is 0 Å². The molecule has 11 nitrogen and oxygen atoms in total. The van der Waals surface area contributed by atoms with Gasteiger partial charge in [0.15, 0.2) is 0 Å². The van der Waals surface area contributed by atoms with Gasteiger partial charge >= 0.3 is 0 Å². The summed E-state index contributed by atoms with van der Waals surface area (Å²) in [4.78, 5) is 33.5. The lowest BCUT2D eigenvalue weighted by Gasteiger charge is -2.32. The highest BCUT2D eigenvalue weighted by Gasteiger charge is 2.27. The number of aryl methyl sites for hydroxylation is 1. The molecule has 3 aromatic heterocycles. The molecule has 4 aromatic rings. The van der Waals surface area contributed by atoms with Gasteiger partial charge in [0.05, 0.1) is 11.6 Å². The monoisotopic (exact) mass is 556 g/mol. The average Bonchev–Trinajstić information content (AvgIpc) is 3.38. The second-order valence-electron chi connectivity index (χ2n) is 11.0. The van der Waals surface area contributed by atoms with E-state index in [1.807, 2.05) is 48.5 Å². The van der Waals surface area contributed by atoms with Crippen molar-refractivity contribution in [2.75, 3.05) is 45.6 Å². The number of anilines is 1. The van der Waals surface area contributed by atoms with Crippen LogP contribution >= 0.6 is 0 Å². The number of fused-ring (bicyclic) bond motifs is 1. The van der Waals surface area contributed by atoms with Gasteiger partial charge in [0.1, 0.15) is 17.6 Å². The zero-order valence-electron chi connectivity index (χ0n) is 23.8. The first-order chi connectivity index (χ1) is 19.9. The highest BCUT2D eigenvalue weighted by molar-refractivity contribution is 5.97. The van der Waals surface area contributed by atoms with E-state index in [4.69, 9.17) is 9.84 Å². The lowest BCUT2D eigenvalue weighted by molar-refractivity contribution is 0.0664. The Morgan fingerprint density at radius 3 is 2.37 bits per heavy atom. The third kappa shape index (κ3) is 5.54. The van der Waals surface area contributed by atoms with E-state index < -0.39 is 0 Å². The molecule has 0 spiro atoms. The van der Waals surface area contributed by atoms with E-state index in [1.54, 1.807) is 13.1 Å². The van der Waals surface area contributed by atoms with Crippen molar-refractivity contribution in [2.24, 2.45) is 7.05 Å². The van der Waals surface area contributed by atoms with E-state index >= 15 is 0 Å². The normalized spacial score (nSPS) is 19.8. The number of carbonyl (C=O) groups excluding carboxylic acids is 1. The maximum Gasteiger partial charge on any atom is 0.266 e. The van der Waals surface area contributed by atoms with Gasteiger partial charge in [0.2, 0.25) is 5.88 Å². The summed E-state index contributed by atoms with van der Waals surface area (Å²) in [5.74, 6) is 1.34. The van der Waals surface area contributed by atoms with Crippen molar-refractivity contribution in [1.82, 2.24) is 34.3 Å². The molecule has 1 aliphatic heterocycles. The zero-order chi connectivity index (χ0) is 28.5. The van der Waals surface area contributed by atoms with Gasteiger partial charge < -0.3 is 19.9 Å². The highest BCUT2D eigenvalue weighted by atomic mass is 16.5. The minimum Gasteiger partial charge on any atom is -0.473 e. The summed E-state index contributed by atoms with van der Waals surface area (Å²) in [5, 5.41) is 13.5. The number of hydrogen-bond donors (Lipinski definition) is 1.